The van der Waals surface area contributed by atoms with E-state index in [0.717, 1.165) is 25.5 Å². The number of benzene rings is 3. The third-order valence-corrected chi connectivity index (χ3v) is 7.84. The van der Waals surface area contributed by atoms with Crippen LogP contribution in [0, 0.1) is 12.7 Å². The van der Waals surface area contributed by atoms with Crippen molar-refractivity contribution >= 4 is 37.5 Å². The molecule has 180 valence electrons. The van der Waals surface area contributed by atoms with Gasteiger partial charge in [-0.15, -0.1) is 0 Å². The lowest BCUT2D eigenvalue weighted by atomic mass is 10.0. The standard InChI is InChI=1S/C26H28BrFN2O3S/c1-4-19-14-22(27)15-20(5-2)26(19)29-25(31)17-30(16-21-8-6-7-9-24(21)28)34(32,33)23-12-10-18(3)11-13-23/h6-15H,4-5,16-17H2,1-3H3,(H,29,31). The number of amides is 1. The Morgan fingerprint density at radius 2 is 1.56 bits per heavy atom. The molecule has 0 saturated heterocycles. The predicted molar refractivity (Wildman–Crippen MR) is 137 cm³/mol. The molecule has 0 aliphatic heterocycles. The van der Waals surface area contributed by atoms with E-state index in [1.165, 1.54) is 30.3 Å². The molecule has 0 aliphatic carbocycles. The highest BCUT2D eigenvalue weighted by Crippen LogP contribution is 2.28. The molecular weight excluding hydrogens is 519 g/mol. The largest absolute Gasteiger partial charge is 0.324 e. The number of nitrogens with zero attached hydrogens (tertiary/aromatic N) is 1. The van der Waals surface area contributed by atoms with Crippen molar-refractivity contribution in [3.05, 3.63) is 93.2 Å². The Labute approximate surface area is 209 Å². The molecule has 1 amide bonds. The quantitative estimate of drug-likeness (QED) is 0.366. The average molecular weight is 547 g/mol. The van der Waals surface area contributed by atoms with Gasteiger partial charge in [-0.05, 0) is 61.2 Å². The summed E-state index contributed by atoms with van der Waals surface area (Å²) in [7, 11) is -4.06. The lowest BCUT2D eigenvalue weighted by molar-refractivity contribution is -0.116. The Morgan fingerprint density at radius 3 is 2.12 bits per heavy atom. The Morgan fingerprint density at radius 1 is 0.971 bits per heavy atom. The maximum atomic E-state index is 14.4. The van der Waals surface area contributed by atoms with Gasteiger partial charge in [0.1, 0.15) is 5.82 Å². The summed E-state index contributed by atoms with van der Waals surface area (Å²) in [5.41, 5.74) is 3.69. The molecule has 5 nitrogen and oxygen atoms in total. The Kier molecular flexibility index (Phi) is 8.62. The van der Waals surface area contributed by atoms with Crippen LogP contribution in [0.2, 0.25) is 0 Å². The second-order valence-corrected chi connectivity index (χ2v) is 10.9. The van der Waals surface area contributed by atoms with Gasteiger partial charge in [0.15, 0.2) is 0 Å². The molecule has 3 rings (SSSR count). The zero-order chi connectivity index (χ0) is 24.9. The highest BCUT2D eigenvalue weighted by molar-refractivity contribution is 9.10. The van der Waals surface area contributed by atoms with E-state index in [0.29, 0.717) is 18.5 Å². The summed E-state index contributed by atoms with van der Waals surface area (Å²) in [5, 5.41) is 2.91. The molecule has 0 aliphatic rings. The molecule has 0 heterocycles. The summed E-state index contributed by atoms with van der Waals surface area (Å²) in [6, 6.07) is 16.2. The monoisotopic (exact) mass is 546 g/mol. The van der Waals surface area contributed by atoms with E-state index in [9.17, 15) is 17.6 Å². The number of rotatable bonds is 9. The molecule has 34 heavy (non-hydrogen) atoms. The van der Waals surface area contributed by atoms with Gasteiger partial charge < -0.3 is 5.32 Å². The highest BCUT2D eigenvalue weighted by atomic mass is 79.9. The van der Waals surface area contributed by atoms with E-state index in [1.807, 2.05) is 32.9 Å². The third kappa shape index (κ3) is 6.11. The van der Waals surface area contributed by atoms with Gasteiger partial charge in [-0.2, -0.15) is 4.31 Å². The number of aryl methyl sites for hydroxylation is 3. The van der Waals surface area contributed by atoms with Gasteiger partial charge in [0.2, 0.25) is 15.9 Å². The van der Waals surface area contributed by atoms with Crippen LogP contribution in [0.4, 0.5) is 10.1 Å². The zero-order valence-electron chi connectivity index (χ0n) is 19.4. The van der Waals surface area contributed by atoms with Crippen LogP contribution in [0.25, 0.3) is 0 Å². The van der Waals surface area contributed by atoms with Crippen molar-refractivity contribution in [1.29, 1.82) is 0 Å². The van der Waals surface area contributed by atoms with Crippen molar-refractivity contribution in [2.75, 3.05) is 11.9 Å². The van der Waals surface area contributed by atoms with Crippen LogP contribution < -0.4 is 5.32 Å². The van der Waals surface area contributed by atoms with Crippen LogP contribution in [0.5, 0.6) is 0 Å². The minimum absolute atomic E-state index is 0.0503. The summed E-state index contributed by atoms with van der Waals surface area (Å²) in [6.07, 6.45) is 1.39. The van der Waals surface area contributed by atoms with Gasteiger partial charge in [0.25, 0.3) is 0 Å². The average Bonchev–Trinajstić information content (AvgIpc) is 2.81. The van der Waals surface area contributed by atoms with Gasteiger partial charge in [-0.1, -0.05) is 65.7 Å². The zero-order valence-corrected chi connectivity index (χ0v) is 21.8. The number of carbonyl (C=O) groups is 1. The molecule has 0 aromatic heterocycles. The SMILES string of the molecule is CCc1cc(Br)cc(CC)c1NC(=O)CN(Cc1ccccc1F)S(=O)(=O)c1ccc(C)cc1. The van der Waals surface area contributed by atoms with E-state index in [-0.39, 0.29) is 17.0 Å². The predicted octanol–water partition coefficient (Wildman–Crippen LogP) is 5.85. The molecule has 0 unspecified atom stereocenters. The number of anilines is 1. The molecule has 1 N–H and O–H groups in total. The van der Waals surface area contributed by atoms with E-state index < -0.39 is 28.3 Å². The Balaban J connectivity index is 1.95. The first-order valence-corrected chi connectivity index (χ1v) is 13.3. The topological polar surface area (TPSA) is 66.5 Å². The van der Waals surface area contributed by atoms with Crippen molar-refractivity contribution in [1.82, 2.24) is 4.31 Å². The fourth-order valence-electron chi connectivity index (χ4n) is 3.68. The summed E-state index contributed by atoms with van der Waals surface area (Å²) < 4.78 is 43.2. The van der Waals surface area contributed by atoms with Crippen molar-refractivity contribution in [3.63, 3.8) is 0 Å². The molecule has 8 heteroatoms. The number of nitrogens with one attached hydrogen (secondary N) is 1. The first-order valence-electron chi connectivity index (χ1n) is 11.1. The number of sulfonamides is 1. The van der Waals surface area contributed by atoms with Crippen LogP contribution in [0.15, 0.2) is 70.0 Å². The molecule has 0 spiro atoms. The smallest absolute Gasteiger partial charge is 0.243 e. The minimum atomic E-state index is -4.06. The van der Waals surface area contributed by atoms with E-state index in [2.05, 4.69) is 21.2 Å². The summed E-state index contributed by atoms with van der Waals surface area (Å²) in [4.78, 5) is 13.2. The first kappa shape index (κ1) is 26.1. The summed E-state index contributed by atoms with van der Waals surface area (Å²) in [5.74, 6) is -1.01. The summed E-state index contributed by atoms with van der Waals surface area (Å²) >= 11 is 3.50. The number of halogens is 2. The van der Waals surface area contributed by atoms with Crippen molar-refractivity contribution in [3.8, 4) is 0 Å². The maximum absolute atomic E-state index is 14.4. The second kappa shape index (κ2) is 11.3. The molecule has 3 aromatic rings. The fourth-order valence-corrected chi connectivity index (χ4v) is 5.61. The van der Waals surface area contributed by atoms with Crippen molar-refractivity contribution in [2.24, 2.45) is 0 Å². The Hall–Kier alpha value is -2.55. The normalized spacial score (nSPS) is 11.6. The lowest BCUT2D eigenvalue weighted by Crippen LogP contribution is -2.38. The Bertz CT molecular complexity index is 1250. The van der Waals surface area contributed by atoms with Gasteiger partial charge in [0.05, 0.1) is 11.4 Å². The lowest BCUT2D eigenvalue weighted by Gasteiger charge is -2.23. The molecule has 3 aromatic carbocycles. The van der Waals surface area contributed by atoms with Crippen molar-refractivity contribution in [2.45, 2.75) is 45.1 Å². The second-order valence-electron chi connectivity index (χ2n) is 8.03. The van der Waals surface area contributed by atoms with Gasteiger partial charge >= 0.3 is 0 Å². The number of hydrogen-bond acceptors (Lipinski definition) is 3. The van der Waals surface area contributed by atoms with E-state index in [4.69, 9.17) is 0 Å². The van der Waals surface area contributed by atoms with E-state index in [1.54, 1.807) is 18.2 Å². The van der Waals surface area contributed by atoms with Crippen LogP contribution in [-0.2, 0) is 34.2 Å². The minimum Gasteiger partial charge on any atom is -0.324 e. The van der Waals surface area contributed by atoms with E-state index >= 15 is 0 Å². The molecule has 0 radical (unpaired) electrons. The van der Waals surface area contributed by atoms with Crippen LogP contribution in [-0.4, -0.2) is 25.2 Å². The highest BCUT2D eigenvalue weighted by Gasteiger charge is 2.28. The van der Waals surface area contributed by atoms with Gasteiger partial charge in [-0.25, -0.2) is 12.8 Å². The van der Waals surface area contributed by atoms with Crippen LogP contribution in [0.3, 0.4) is 0 Å². The number of carbonyl (C=O) groups excluding carboxylic acids is 1. The molecule has 0 fully saturated rings. The van der Waals surface area contributed by atoms with Crippen molar-refractivity contribution < 1.29 is 17.6 Å². The number of hydrogen-bond donors (Lipinski definition) is 1. The third-order valence-electron chi connectivity index (χ3n) is 5.58. The van der Waals surface area contributed by atoms with Crippen LogP contribution in [0.1, 0.15) is 36.1 Å². The van der Waals surface area contributed by atoms with Gasteiger partial charge in [-0.3, -0.25) is 4.79 Å². The molecule has 0 atom stereocenters. The fraction of sp³-hybridized carbons (Fsp3) is 0.269. The molecule has 0 bridgehead atoms. The first-order chi connectivity index (χ1) is 16.1. The maximum Gasteiger partial charge on any atom is 0.243 e. The molecular formula is C26H28BrFN2O3S. The summed E-state index contributed by atoms with van der Waals surface area (Å²) in [6.45, 7) is 5.12. The van der Waals surface area contributed by atoms with Crippen LogP contribution >= 0.6 is 15.9 Å². The molecule has 0 saturated carbocycles. The van der Waals surface area contributed by atoms with Gasteiger partial charge in [0, 0.05) is 22.3 Å².